The molecular weight excluding hydrogens is 310 g/mol. The molecule has 0 radical (unpaired) electrons. The van der Waals surface area contributed by atoms with E-state index in [1.54, 1.807) is 7.11 Å². The van der Waals surface area contributed by atoms with Gasteiger partial charge in [-0.2, -0.15) is 0 Å². The molecule has 0 saturated carbocycles. The number of hydrogen-bond donors (Lipinski definition) is 0. The zero-order valence-corrected chi connectivity index (χ0v) is 14.7. The molecule has 3 nitrogen and oxygen atoms in total. The van der Waals surface area contributed by atoms with Crippen LogP contribution in [0.1, 0.15) is 19.4 Å². The molecule has 25 heavy (non-hydrogen) atoms. The van der Waals surface area contributed by atoms with Crippen molar-refractivity contribution in [1.29, 1.82) is 0 Å². The summed E-state index contributed by atoms with van der Waals surface area (Å²) in [4.78, 5) is 4.77. The Morgan fingerprint density at radius 3 is 2.48 bits per heavy atom. The third-order valence-corrected chi connectivity index (χ3v) is 4.50. The van der Waals surface area contributed by atoms with Crippen LogP contribution in [0.3, 0.4) is 0 Å². The number of rotatable bonds is 3. The molecule has 3 aromatic carbocycles. The van der Waals surface area contributed by atoms with E-state index in [4.69, 9.17) is 14.5 Å². The molecule has 1 aliphatic rings. The van der Waals surface area contributed by atoms with Gasteiger partial charge in [0, 0.05) is 5.56 Å². The molecule has 0 spiro atoms. The second-order valence-electron chi connectivity index (χ2n) is 6.96. The molecular formula is C22H21NO2. The van der Waals surface area contributed by atoms with Crippen LogP contribution >= 0.6 is 0 Å². The van der Waals surface area contributed by atoms with Crippen LogP contribution in [0.5, 0.6) is 5.75 Å². The van der Waals surface area contributed by atoms with Gasteiger partial charge in [0.2, 0.25) is 5.90 Å². The van der Waals surface area contributed by atoms with Crippen molar-refractivity contribution in [1.82, 2.24) is 0 Å². The summed E-state index contributed by atoms with van der Waals surface area (Å²) in [6, 6.07) is 20.8. The van der Waals surface area contributed by atoms with E-state index in [9.17, 15) is 0 Å². The summed E-state index contributed by atoms with van der Waals surface area (Å²) in [5, 5.41) is 2.42. The smallest absolute Gasteiger partial charge is 0.217 e. The Balaban J connectivity index is 1.97. The largest absolute Gasteiger partial charge is 0.497 e. The molecule has 0 saturated heterocycles. The first-order valence-corrected chi connectivity index (χ1v) is 8.47. The summed E-state index contributed by atoms with van der Waals surface area (Å²) in [5.41, 5.74) is 3.05. The Hall–Kier alpha value is -2.81. The fourth-order valence-corrected chi connectivity index (χ4v) is 3.24. The van der Waals surface area contributed by atoms with Gasteiger partial charge in [-0.3, -0.25) is 0 Å². The molecule has 0 N–H and O–H groups in total. The molecule has 3 aromatic rings. The normalized spacial score (nSPS) is 15.7. The van der Waals surface area contributed by atoms with Crippen molar-refractivity contribution >= 4 is 16.7 Å². The molecule has 0 amide bonds. The highest BCUT2D eigenvalue weighted by atomic mass is 16.5. The maximum absolute atomic E-state index is 5.91. The summed E-state index contributed by atoms with van der Waals surface area (Å²) >= 11 is 0. The monoisotopic (exact) mass is 331 g/mol. The van der Waals surface area contributed by atoms with Gasteiger partial charge in [0.15, 0.2) is 0 Å². The van der Waals surface area contributed by atoms with Gasteiger partial charge in [0.1, 0.15) is 12.4 Å². The molecule has 1 aliphatic heterocycles. The van der Waals surface area contributed by atoms with Crippen LogP contribution < -0.4 is 4.74 Å². The first-order valence-electron chi connectivity index (χ1n) is 8.47. The zero-order chi connectivity index (χ0) is 17.4. The summed E-state index contributed by atoms with van der Waals surface area (Å²) in [5.74, 6) is 1.53. The van der Waals surface area contributed by atoms with Crippen molar-refractivity contribution < 1.29 is 9.47 Å². The van der Waals surface area contributed by atoms with Crippen molar-refractivity contribution in [2.75, 3.05) is 13.7 Å². The highest BCUT2D eigenvalue weighted by molar-refractivity contribution is 6.06. The average Bonchev–Trinajstić information content (AvgIpc) is 3.00. The number of aliphatic imine (C=N–C) groups is 1. The lowest BCUT2D eigenvalue weighted by atomic mass is 9.94. The standard InChI is InChI=1S/C22H21NO2/c1-22(2)14-25-21(23-22)19-12-11-16(24-3)13-20(19)18-10-6-8-15-7-4-5-9-17(15)18/h4-13H,14H2,1-3H3. The van der Waals surface area contributed by atoms with E-state index < -0.39 is 0 Å². The van der Waals surface area contributed by atoms with E-state index in [1.165, 1.54) is 10.8 Å². The second-order valence-corrected chi connectivity index (χ2v) is 6.96. The van der Waals surface area contributed by atoms with Gasteiger partial charge in [-0.1, -0.05) is 42.5 Å². The summed E-state index contributed by atoms with van der Waals surface area (Å²) in [6.07, 6.45) is 0. The first kappa shape index (κ1) is 15.7. The number of benzene rings is 3. The number of fused-ring (bicyclic) bond motifs is 1. The first-order chi connectivity index (χ1) is 12.1. The molecule has 4 rings (SSSR count). The van der Waals surface area contributed by atoms with Crippen LogP contribution in [0.2, 0.25) is 0 Å². The average molecular weight is 331 g/mol. The molecule has 3 heteroatoms. The number of methoxy groups -OCH3 is 1. The molecule has 0 atom stereocenters. The Labute approximate surface area is 147 Å². The van der Waals surface area contributed by atoms with E-state index in [0.717, 1.165) is 22.4 Å². The van der Waals surface area contributed by atoms with Crippen LogP contribution in [0.25, 0.3) is 21.9 Å². The maximum atomic E-state index is 5.91. The zero-order valence-electron chi connectivity index (χ0n) is 14.7. The van der Waals surface area contributed by atoms with Crippen molar-refractivity contribution in [2.24, 2.45) is 4.99 Å². The molecule has 0 aromatic heterocycles. The van der Waals surface area contributed by atoms with Crippen molar-refractivity contribution in [3.8, 4) is 16.9 Å². The fraction of sp³-hybridized carbons (Fsp3) is 0.227. The van der Waals surface area contributed by atoms with E-state index in [-0.39, 0.29) is 5.54 Å². The van der Waals surface area contributed by atoms with Crippen LogP contribution in [-0.2, 0) is 4.74 Å². The Kier molecular flexibility index (Phi) is 3.72. The number of nitrogens with zero attached hydrogens (tertiary/aromatic N) is 1. The predicted molar refractivity (Wildman–Crippen MR) is 103 cm³/mol. The van der Waals surface area contributed by atoms with Crippen molar-refractivity contribution in [2.45, 2.75) is 19.4 Å². The number of hydrogen-bond acceptors (Lipinski definition) is 3. The minimum Gasteiger partial charge on any atom is -0.497 e. The molecule has 0 fully saturated rings. The summed E-state index contributed by atoms with van der Waals surface area (Å²) < 4.78 is 11.4. The molecule has 0 aliphatic carbocycles. The summed E-state index contributed by atoms with van der Waals surface area (Å²) in [6.45, 7) is 4.77. The highest BCUT2D eigenvalue weighted by Crippen LogP contribution is 2.35. The van der Waals surface area contributed by atoms with Crippen LogP contribution in [-0.4, -0.2) is 25.2 Å². The maximum Gasteiger partial charge on any atom is 0.217 e. The lowest BCUT2D eigenvalue weighted by Gasteiger charge is -2.13. The Bertz CT molecular complexity index is 967. The van der Waals surface area contributed by atoms with Gasteiger partial charge < -0.3 is 9.47 Å². The van der Waals surface area contributed by atoms with Gasteiger partial charge in [-0.25, -0.2) is 4.99 Å². The van der Waals surface area contributed by atoms with Gasteiger partial charge in [0.05, 0.1) is 12.6 Å². The van der Waals surface area contributed by atoms with Crippen LogP contribution in [0.4, 0.5) is 0 Å². The fourth-order valence-electron chi connectivity index (χ4n) is 3.24. The van der Waals surface area contributed by atoms with E-state index >= 15 is 0 Å². The van der Waals surface area contributed by atoms with E-state index in [1.807, 2.05) is 12.1 Å². The van der Waals surface area contributed by atoms with Crippen LogP contribution in [0.15, 0.2) is 65.7 Å². The molecule has 0 unspecified atom stereocenters. The third kappa shape index (κ3) is 2.86. The Morgan fingerprint density at radius 1 is 0.920 bits per heavy atom. The SMILES string of the molecule is COc1ccc(C2=NC(C)(C)CO2)c(-c2cccc3ccccc23)c1. The summed E-state index contributed by atoms with van der Waals surface area (Å²) in [7, 11) is 1.69. The second kappa shape index (κ2) is 5.92. The topological polar surface area (TPSA) is 30.8 Å². The van der Waals surface area contributed by atoms with Crippen molar-refractivity contribution in [3.63, 3.8) is 0 Å². The van der Waals surface area contributed by atoms with E-state index in [0.29, 0.717) is 12.5 Å². The molecule has 1 heterocycles. The molecule has 0 bridgehead atoms. The lowest BCUT2D eigenvalue weighted by Crippen LogP contribution is -2.17. The minimum absolute atomic E-state index is 0.189. The van der Waals surface area contributed by atoms with Crippen molar-refractivity contribution in [3.05, 3.63) is 66.2 Å². The quantitative estimate of drug-likeness (QED) is 0.671. The lowest BCUT2D eigenvalue weighted by molar-refractivity contribution is 0.279. The molecule has 126 valence electrons. The van der Waals surface area contributed by atoms with Gasteiger partial charge in [-0.15, -0.1) is 0 Å². The van der Waals surface area contributed by atoms with E-state index in [2.05, 4.69) is 62.4 Å². The van der Waals surface area contributed by atoms with Gasteiger partial charge in [0.25, 0.3) is 0 Å². The third-order valence-electron chi connectivity index (χ3n) is 4.50. The predicted octanol–water partition coefficient (Wildman–Crippen LogP) is 5.07. The highest BCUT2D eigenvalue weighted by Gasteiger charge is 2.28. The minimum atomic E-state index is -0.189. The van der Waals surface area contributed by atoms with Crippen LogP contribution in [0, 0.1) is 0 Å². The van der Waals surface area contributed by atoms with Gasteiger partial charge in [-0.05, 0) is 53.9 Å². The van der Waals surface area contributed by atoms with Gasteiger partial charge >= 0.3 is 0 Å². The Morgan fingerprint density at radius 2 is 1.72 bits per heavy atom. The number of ether oxygens (including phenoxy) is 2.